The van der Waals surface area contributed by atoms with Crippen LogP contribution in [0.5, 0.6) is 0 Å². The minimum absolute atomic E-state index is 0.246. The summed E-state index contributed by atoms with van der Waals surface area (Å²) in [6.07, 6.45) is 4.88. The van der Waals surface area contributed by atoms with Crippen LogP contribution in [0, 0.1) is 5.92 Å². The highest BCUT2D eigenvalue weighted by Crippen LogP contribution is 2.51. The molecule has 5 heteroatoms. The third kappa shape index (κ3) is 2.24. The van der Waals surface area contributed by atoms with Gasteiger partial charge in [0.25, 0.3) is 10.1 Å². The molecule has 3 nitrogen and oxygen atoms in total. The van der Waals surface area contributed by atoms with Gasteiger partial charge in [0.2, 0.25) is 0 Å². The number of fused-ring (bicyclic) bond motifs is 2. The van der Waals surface area contributed by atoms with E-state index in [2.05, 4.69) is 15.9 Å². The molecular weight excluding hydrogens is 316 g/mol. The minimum atomic E-state index is -3.63. The van der Waals surface area contributed by atoms with Gasteiger partial charge in [-0.15, -0.1) is 0 Å². The number of benzene rings is 1. The number of hydrogen-bond donors (Lipinski definition) is 0. The molecule has 2 aliphatic carbocycles. The highest BCUT2D eigenvalue weighted by Gasteiger charge is 2.48. The largest absolute Gasteiger partial charge is 0.297 e. The topological polar surface area (TPSA) is 43.4 Å². The Morgan fingerprint density at radius 2 is 1.78 bits per heavy atom. The van der Waals surface area contributed by atoms with E-state index in [-0.39, 0.29) is 4.90 Å². The predicted molar refractivity (Wildman–Crippen MR) is 71.7 cm³/mol. The first-order chi connectivity index (χ1) is 8.49. The van der Waals surface area contributed by atoms with E-state index in [4.69, 9.17) is 4.18 Å². The monoisotopic (exact) mass is 330 g/mol. The maximum Gasteiger partial charge on any atom is 0.297 e. The predicted octanol–water partition coefficient (Wildman–Crippen LogP) is 3.49. The third-order valence-electron chi connectivity index (χ3n) is 4.07. The Bertz CT molecular complexity index is 542. The summed E-state index contributed by atoms with van der Waals surface area (Å²) in [5, 5.41) is 0. The Morgan fingerprint density at radius 3 is 2.28 bits per heavy atom. The third-order valence-corrected chi connectivity index (χ3v) is 6.02. The lowest BCUT2D eigenvalue weighted by atomic mass is 9.98. The van der Waals surface area contributed by atoms with Crippen LogP contribution in [0.15, 0.2) is 33.6 Å². The summed E-state index contributed by atoms with van der Waals surface area (Å²) in [7, 11) is -3.63. The van der Waals surface area contributed by atoms with Crippen LogP contribution >= 0.6 is 15.9 Å². The summed E-state index contributed by atoms with van der Waals surface area (Å²) < 4.78 is 30.9. The lowest BCUT2D eigenvalue weighted by Gasteiger charge is -2.25. The molecule has 2 saturated carbocycles. The van der Waals surface area contributed by atoms with Gasteiger partial charge in [0.15, 0.2) is 0 Å². The van der Waals surface area contributed by atoms with Crippen molar-refractivity contribution in [2.24, 2.45) is 5.92 Å². The fourth-order valence-electron chi connectivity index (χ4n) is 3.14. The fourth-order valence-corrected chi connectivity index (χ4v) is 4.67. The summed E-state index contributed by atoms with van der Waals surface area (Å²) in [5.74, 6) is 0.671. The Morgan fingerprint density at radius 1 is 1.17 bits per heavy atom. The van der Waals surface area contributed by atoms with Crippen LogP contribution in [0.1, 0.15) is 32.1 Å². The van der Waals surface area contributed by atoms with Gasteiger partial charge in [0.1, 0.15) is 0 Å². The van der Waals surface area contributed by atoms with Gasteiger partial charge in [-0.3, -0.25) is 4.18 Å². The minimum Gasteiger partial charge on any atom is -0.260 e. The number of halogens is 1. The molecule has 0 spiro atoms. The van der Waals surface area contributed by atoms with Crippen molar-refractivity contribution in [2.45, 2.75) is 42.6 Å². The maximum atomic E-state index is 12.2. The second-order valence-corrected chi connectivity index (χ2v) is 7.78. The van der Waals surface area contributed by atoms with E-state index in [9.17, 15) is 8.42 Å². The molecule has 0 aliphatic heterocycles. The fraction of sp³-hybridized carbons (Fsp3) is 0.538. The van der Waals surface area contributed by atoms with E-state index in [0.29, 0.717) is 5.92 Å². The zero-order valence-electron chi connectivity index (χ0n) is 9.93. The van der Waals surface area contributed by atoms with E-state index in [0.717, 1.165) is 36.6 Å². The van der Waals surface area contributed by atoms with E-state index >= 15 is 0 Å². The van der Waals surface area contributed by atoms with Crippen LogP contribution in [0.3, 0.4) is 0 Å². The first-order valence-corrected chi connectivity index (χ1v) is 8.41. The van der Waals surface area contributed by atoms with Gasteiger partial charge in [0.05, 0.1) is 10.5 Å². The molecule has 2 fully saturated rings. The molecule has 2 aliphatic rings. The molecule has 98 valence electrons. The van der Waals surface area contributed by atoms with Crippen molar-refractivity contribution in [1.82, 2.24) is 0 Å². The molecule has 2 bridgehead atoms. The average Bonchev–Trinajstić information content (AvgIpc) is 2.88. The highest BCUT2D eigenvalue weighted by molar-refractivity contribution is 9.10. The van der Waals surface area contributed by atoms with Crippen LogP contribution in [-0.2, 0) is 14.3 Å². The van der Waals surface area contributed by atoms with E-state index in [1.165, 1.54) is 0 Å². The molecule has 0 heterocycles. The van der Waals surface area contributed by atoms with Gasteiger partial charge in [-0.05, 0) is 62.3 Å². The molecule has 0 radical (unpaired) electrons. The molecule has 0 unspecified atom stereocenters. The van der Waals surface area contributed by atoms with Gasteiger partial charge in [-0.1, -0.05) is 15.9 Å². The first-order valence-electron chi connectivity index (χ1n) is 6.20. The quantitative estimate of drug-likeness (QED) is 0.797. The zero-order chi connectivity index (χ0) is 12.8. The molecular formula is C13H15BrO3S. The van der Waals surface area contributed by atoms with Gasteiger partial charge in [0, 0.05) is 4.47 Å². The molecule has 1 aromatic carbocycles. The van der Waals surface area contributed by atoms with Crippen molar-refractivity contribution in [3.05, 3.63) is 28.7 Å². The molecule has 0 atom stereocenters. The van der Waals surface area contributed by atoms with Crippen LogP contribution < -0.4 is 0 Å². The van der Waals surface area contributed by atoms with Crippen molar-refractivity contribution >= 4 is 26.0 Å². The molecule has 0 saturated heterocycles. The van der Waals surface area contributed by atoms with Gasteiger partial charge in [-0.2, -0.15) is 8.42 Å². The molecule has 3 rings (SSSR count). The van der Waals surface area contributed by atoms with Crippen molar-refractivity contribution < 1.29 is 12.6 Å². The zero-order valence-corrected chi connectivity index (χ0v) is 12.3. The van der Waals surface area contributed by atoms with Crippen LogP contribution in [0.25, 0.3) is 0 Å². The Kier molecular flexibility index (Phi) is 3.03. The second-order valence-electron chi connectivity index (χ2n) is 5.32. The smallest absolute Gasteiger partial charge is 0.260 e. The van der Waals surface area contributed by atoms with Gasteiger partial charge in [-0.25, -0.2) is 0 Å². The summed E-state index contributed by atoms with van der Waals surface area (Å²) in [6.45, 7) is 0. The molecule has 18 heavy (non-hydrogen) atoms. The summed E-state index contributed by atoms with van der Waals surface area (Å²) in [6, 6.07) is 6.61. The van der Waals surface area contributed by atoms with Gasteiger partial charge < -0.3 is 0 Å². The molecule has 0 aromatic heterocycles. The number of hydrogen-bond acceptors (Lipinski definition) is 3. The second kappa shape index (κ2) is 4.32. The summed E-state index contributed by atoms with van der Waals surface area (Å²) in [5.41, 5.74) is -0.406. The van der Waals surface area contributed by atoms with Crippen molar-refractivity contribution in [3.63, 3.8) is 0 Å². The van der Waals surface area contributed by atoms with Crippen molar-refractivity contribution in [1.29, 1.82) is 0 Å². The lowest BCUT2D eigenvalue weighted by Crippen LogP contribution is -2.30. The van der Waals surface area contributed by atoms with Crippen LogP contribution in [-0.4, -0.2) is 14.0 Å². The molecule has 1 aromatic rings. The van der Waals surface area contributed by atoms with E-state index < -0.39 is 15.7 Å². The van der Waals surface area contributed by atoms with Crippen molar-refractivity contribution in [3.8, 4) is 0 Å². The Balaban J connectivity index is 1.85. The molecule has 0 N–H and O–H groups in total. The van der Waals surface area contributed by atoms with Crippen LogP contribution in [0.2, 0.25) is 0 Å². The standard InChI is InChI=1S/C13H15BrO3S/c14-11-1-3-12(4-2-11)18(15,16)17-13-7-5-10(9-13)6-8-13/h1-4,10H,5-9H2. The van der Waals surface area contributed by atoms with E-state index in [1.807, 2.05) is 0 Å². The SMILES string of the molecule is O=S(=O)(OC12CCC(CC1)C2)c1ccc(Br)cc1. The van der Waals surface area contributed by atoms with Crippen molar-refractivity contribution in [2.75, 3.05) is 0 Å². The molecule has 0 amide bonds. The van der Waals surface area contributed by atoms with Crippen LogP contribution in [0.4, 0.5) is 0 Å². The Hall–Kier alpha value is -0.390. The van der Waals surface area contributed by atoms with Gasteiger partial charge >= 0.3 is 0 Å². The summed E-state index contributed by atoms with van der Waals surface area (Å²) in [4.78, 5) is 0.246. The first kappa shape index (κ1) is 12.6. The maximum absolute atomic E-state index is 12.2. The average molecular weight is 331 g/mol. The normalized spacial score (nSPS) is 30.8. The van der Waals surface area contributed by atoms with E-state index in [1.54, 1.807) is 24.3 Å². The number of rotatable bonds is 3. The highest BCUT2D eigenvalue weighted by atomic mass is 79.9. The summed E-state index contributed by atoms with van der Waals surface area (Å²) >= 11 is 3.30. The lowest BCUT2D eigenvalue weighted by molar-refractivity contribution is 0.0883. The Labute approximate surface area is 116 Å².